The maximum Gasteiger partial charge on any atom is 0.410 e. The Kier molecular flexibility index (Phi) is 4.06. The molecule has 19 heavy (non-hydrogen) atoms. The number of hydrogen-bond donors (Lipinski definition) is 1. The molecular weight excluding hydrogens is 244 g/mol. The maximum absolute atomic E-state index is 12.1. The van der Waals surface area contributed by atoms with E-state index in [2.05, 4.69) is 0 Å². The highest BCUT2D eigenvalue weighted by atomic mass is 16.6. The highest BCUT2D eigenvalue weighted by Gasteiger charge is 2.42. The summed E-state index contributed by atoms with van der Waals surface area (Å²) in [5.74, 6) is 0. The summed E-state index contributed by atoms with van der Waals surface area (Å²) in [7, 11) is 0. The van der Waals surface area contributed by atoms with Gasteiger partial charge in [-0.1, -0.05) is 12.8 Å². The zero-order chi connectivity index (χ0) is 14.1. The summed E-state index contributed by atoms with van der Waals surface area (Å²) < 4.78 is 11.2. The van der Waals surface area contributed by atoms with Gasteiger partial charge in [0.05, 0.1) is 19.3 Å². The minimum atomic E-state index is -0.460. The summed E-state index contributed by atoms with van der Waals surface area (Å²) in [5.41, 5.74) is 5.70. The molecule has 1 aliphatic heterocycles. The van der Waals surface area contributed by atoms with Gasteiger partial charge in [0.1, 0.15) is 5.60 Å². The molecule has 2 fully saturated rings. The van der Waals surface area contributed by atoms with Crippen LogP contribution in [0.3, 0.4) is 0 Å². The first-order valence-corrected chi connectivity index (χ1v) is 7.19. The van der Waals surface area contributed by atoms with E-state index < -0.39 is 5.60 Å². The zero-order valence-corrected chi connectivity index (χ0v) is 12.3. The van der Waals surface area contributed by atoms with E-state index in [1.165, 1.54) is 0 Å². The van der Waals surface area contributed by atoms with Gasteiger partial charge in [0.2, 0.25) is 0 Å². The van der Waals surface area contributed by atoms with Gasteiger partial charge in [-0.25, -0.2) is 4.79 Å². The molecule has 2 rings (SSSR count). The number of nitrogens with two attached hydrogens (primary N) is 1. The van der Waals surface area contributed by atoms with E-state index in [0.717, 1.165) is 25.7 Å². The van der Waals surface area contributed by atoms with Crippen molar-refractivity contribution in [2.24, 2.45) is 5.73 Å². The molecule has 1 amide bonds. The van der Waals surface area contributed by atoms with Crippen molar-refractivity contribution < 1.29 is 14.3 Å². The second-order valence-electron chi connectivity index (χ2n) is 6.73. The molecule has 1 aliphatic carbocycles. The van der Waals surface area contributed by atoms with Crippen LogP contribution in [0.4, 0.5) is 4.79 Å². The quantitative estimate of drug-likeness (QED) is 0.790. The highest BCUT2D eigenvalue weighted by molar-refractivity contribution is 5.68. The van der Waals surface area contributed by atoms with E-state index in [4.69, 9.17) is 15.2 Å². The lowest BCUT2D eigenvalue weighted by atomic mass is 9.90. The lowest BCUT2D eigenvalue weighted by Gasteiger charge is -2.41. The fraction of sp³-hybridized carbons (Fsp3) is 0.929. The zero-order valence-electron chi connectivity index (χ0n) is 12.3. The Balaban J connectivity index is 1.95. The molecule has 2 aliphatic rings. The monoisotopic (exact) mass is 270 g/mol. The van der Waals surface area contributed by atoms with Gasteiger partial charge in [0.25, 0.3) is 0 Å². The minimum absolute atomic E-state index is 0.0590. The van der Waals surface area contributed by atoms with Gasteiger partial charge in [0.15, 0.2) is 0 Å². The molecule has 0 radical (unpaired) electrons. The molecule has 5 nitrogen and oxygen atoms in total. The van der Waals surface area contributed by atoms with Crippen molar-refractivity contribution in [2.45, 2.75) is 63.7 Å². The van der Waals surface area contributed by atoms with Crippen LogP contribution in [0.5, 0.6) is 0 Å². The van der Waals surface area contributed by atoms with Crippen LogP contribution < -0.4 is 5.73 Å². The molecule has 0 bridgehead atoms. The van der Waals surface area contributed by atoms with Crippen molar-refractivity contribution in [1.82, 2.24) is 4.90 Å². The summed E-state index contributed by atoms with van der Waals surface area (Å²) in [6.07, 6.45) is 3.96. The van der Waals surface area contributed by atoms with E-state index in [9.17, 15) is 4.79 Å². The minimum Gasteiger partial charge on any atom is -0.444 e. The van der Waals surface area contributed by atoms with Crippen LogP contribution in [0, 0.1) is 0 Å². The van der Waals surface area contributed by atoms with Crippen molar-refractivity contribution in [3.05, 3.63) is 0 Å². The van der Waals surface area contributed by atoms with Crippen molar-refractivity contribution in [2.75, 3.05) is 19.7 Å². The van der Waals surface area contributed by atoms with Gasteiger partial charge in [-0.3, -0.25) is 0 Å². The molecule has 1 unspecified atom stereocenters. The number of hydrogen-bond acceptors (Lipinski definition) is 4. The van der Waals surface area contributed by atoms with Gasteiger partial charge in [0, 0.05) is 12.1 Å². The van der Waals surface area contributed by atoms with E-state index in [1.807, 2.05) is 20.8 Å². The molecule has 0 aromatic carbocycles. The number of carbonyl (C=O) groups is 1. The van der Waals surface area contributed by atoms with Crippen LogP contribution in [-0.4, -0.2) is 47.9 Å². The Morgan fingerprint density at radius 2 is 2.00 bits per heavy atom. The third-order valence-corrected chi connectivity index (χ3v) is 3.89. The molecule has 1 saturated carbocycles. The molecule has 1 saturated heterocycles. The first kappa shape index (κ1) is 14.6. The number of rotatable bonds is 1. The molecular formula is C14H26N2O3. The molecule has 5 heteroatoms. The van der Waals surface area contributed by atoms with Crippen LogP contribution in [0.1, 0.15) is 46.5 Å². The number of amides is 1. The summed E-state index contributed by atoms with van der Waals surface area (Å²) in [6.45, 7) is 7.31. The fourth-order valence-electron chi connectivity index (χ4n) is 2.84. The number of morpholine rings is 1. The van der Waals surface area contributed by atoms with Crippen molar-refractivity contribution in [3.63, 3.8) is 0 Å². The van der Waals surface area contributed by atoms with Gasteiger partial charge in [-0.15, -0.1) is 0 Å². The molecule has 110 valence electrons. The van der Waals surface area contributed by atoms with Crippen LogP contribution in [0.25, 0.3) is 0 Å². The Morgan fingerprint density at radius 3 is 2.58 bits per heavy atom. The predicted octanol–water partition coefficient (Wildman–Crippen LogP) is 1.89. The van der Waals surface area contributed by atoms with E-state index in [-0.39, 0.29) is 17.7 Å². The molecule has 1 atom stereocenters. The predicted molar refractivity (Wildman–Crippen MR) is 72.9 cm³/mol. The van der Waals surface area contributed by atoms with Gasteiger partial charge in [-0.05, 0) is 33.6 Å². The lowest BCUT2D eigenvalue weighted by Crippen LogP contribution is -2.59. The SMILES string of the molecule is CC(C)(C)OC(=O)N1CCOC(C2(N)CCCC2)C1. The lowest BCUT2D eigenvalue weighted by molar-refractivity contribution is -0.0698. The summed E-state index contributed by atoms with van der Waals surface area (Å²) in [6, 6.07) is 0. The Bertz CT molecular complexity index is 332. The van der Waals surface area contributed by atoms with Crippen molar-refractivity contribution in [3.8, 4) is 0 Å². The molecule has 0 spiro atoms. The standard InChI is InChI=1S/C14H26N2O3/c1-13(2,3)19-12(17)16-8-9-18-11(10-16)14(15)6-4-5-7-14/h11H,4-10,15H2,1-3H3. The third-order valence-electron chi connectivity index (χ3n) is 3.89. The fourth-order valence-corrected chi connectivity index (χ4v) is 2.84. The van der Waals surface area contributed by atoms with Crippen LogP contribution in [0.2, 0.25) is 0 Å². The highest BCUT2D eigenvalue weighted by Crippen LogP contribution is 2.33. The third kappa shape index (κ3) is 3.60. The second kappa shape index (κ2) is 5.29. The number of nitrogens with zero attached hydrogens (tertiary/aromatic N) is 1. The Hall–Kier alpha value is -0.810. The smallest absolute Gasteiger partial charge is 0.410 e. The summed E-state index contributed by atoms with van der Waals surface area (Å²) in [5, 5.41) is 0. The topological polar surface area (TPSA) is 64.8 Å². The Labute approximate surface area is 115 Å². The van der Waals surface area contributed by atoms with Crippen molar-refractivity contribution in [1.29, 1.82) is 0 Å². The van der Waals surface area contributed by atoms with E-state index in [1.54, 1.807) is 4.90 Å². The second-order valence-corrected chi connectivity index (χ2v) is 6.73. The maximum atomic E-state index is 12.1. The Morgan fingerprint density at radius 1 is 1.37 bits per heavy atom. The summed E-state index contributed by atoms with van der Waals surface area (Å²) in [4.78, 5) is 13.8. The van der Waals surface area contributed by atoms with E-state index in [0.29, 0.717) is 19.7 Å². The first-order valence-electron chi connectivity index (χ1n) is 7.19. The average Bonchev–Trinajstić information content (AvgIpc) is 2.76. The molecule has 0 aromatic heterocycles. The number of ether oxygens (including phenoxy) is 2. The van der Waals surface area contributed by atoms with Gasteiger partial charge in [-0.2, -0.15) is 0 Å². The van der Waals surface area contributed by atoms with Crippen LogP contribution in [0.15, 0.2) is 0 Å². The van der Waals surface area contributed by atoms with E-state index >= 15 is 0 Å². The van der Waals surface area contributed by atoms with Gasteiger partial charge >= 0.3 is 6.09 Å². The largest absolute Gasteiger partial charge is 0.444 e. The van der Waals surface area contributed by atoms with Crippen LogP contribution >= 0.6 is 0 Å². The normalized spacial score (nSPS) is 27.4. The first-order chi connectivity index (χ1) is 8.80. The summed E-state index contributed by atoms with van der Waals surface area (Å²) >= 11 is 0. The molecule has 1 heterocycles. The molecule has 0 aromatic rings. The van der Waals surface area contributed by atoms with Gasteiger partial charge < -0.3 is 20.1 Å². The molecule has 2 N–H and O–H groups in total. The average molecular weight is 270 g/mol. The van der Waals surface area contributed by atoms with Crippen LogP contribution in [-0.2, 0) is 9.47 Å². The van der Waals surface area contributed by atoms with Crippen molar-refractivity contribution >= 4 is 6.09 Å². The number of carbonyl (C=O) groups excluding carboxylic acids is 1.